The number of rotatable bonds is 5. The predicted octanol–water partition coefficient (Wildman–Crippen LogP) is 2.11. The molecule has 0 radical (unpaired) electrons. The van der Waals surface area contributed by atoms with E-state index in [1.807, 2.05) is 18.2 Å². The van der Waals surface area contributed by atoms with Crippen LogP contribution in [0.3, 0.4) is 0 Å². The highest BCUT2D eigenvalue weighted by Crippen LogP contribution is 2.21. The van der Waals surface area contributed by atoms with Gasteiger partial charge in [0.2, 0.25) is 0 Å². The maximum absolute atomic E-state index is 11.3. The number of esters is 1. The molecule has 1 atom stereocenters. The van der Waals surface area contributed by atoms with E-state index in [1.54, 1.807) is 6.07 Å². The van der Waals surface area contributed by atoms with Gasteiger partial charge in [-0.2, -0.15) is 0 Å². The van der Waals surface area contributed by atoms with Crippen molar-refractivity contribution in [2.45, 2.75) is 32.3 Å². The van der Waals surface area contributed by atoms with E-state index in [1.165, 1.54) is 14.0 Å². The van der Waals surface area contributed by atoms with E-state index in [0.717, 1.165) is 5.56 Å². The van der Waals surface area contributed by atoms with Crippen LogP contribution in [0.4, 0.5) is 0 Å². The number of hydrogen-bond donors (Lipinski definition) is 1. The fourth-order valence-corrected chi connectivity index (χ4v) is 1.47. The molecule has 0 aliphatic carbocycles. The number of ether oxygens (including phenoxy) is 2. The van der Waals surface area contributed by atoms with Crippen molar-refractivity contribution in [3.8, 4) is 5.75 Å². The van der Waals surface area contributed by atoms with Gasteiger partial charge in [0.05, 0.1) is 7.11 Å². The van der Waals surface area contributed by atoms with Gasteiger partial charge in [-0.25, -0.2) is 4.79 Å². The van der Waals surface area contributed by atoms with E-state index >= 15 is 0 Å². The average molecular weight is 252 g/mol. The minimum atomic E-state index is -1.64. The molecule has 18 heavy (non-hydrogen) atoms. The van der Waals surface area contributed by atoms with Crippen molar-refractivity contribution in [3.05, 3.63) is 29.8 Å². The molecule has 1 unspecified atom stereocenters. The SMILES string of the molecule is COC(=O)C(C)(O)COc1cccc(C(C)C)c1. The van der Waals surface area contributed by atoms with Crippen molar-refractivity contribution in [2.75, 3.05) is 13.7 Å². The molecule has 0 aliphatic rings. The second-order valence-corrected chi connectivity index (χ2v) is 4.78. The highest BCUT2D eigenvalue weighted by molar-refractivity contribution is 5.78. The first-order valence-electron chi connectivity index (χ1n) is 5.90. The van der Waals surface area contributed by atoms with Crippen molar-refractivity contribution in [1.82, 2.24) is 0 Å². The highest BCUT2D eigenvalue weighted by Gasteiger charge is 2.32. The van der Waals surface area contributed by atoms with Crippen molar-refractivity contribution in [3.63, 3.8) is 0 Å². The first-order chi connectivity index (χ1) is 8.36. The molecule has 1 N–H and O–H groups in total. The van der Waals surface area contributed by atoms with E-state index in [4.69, 9.17) is 4.74 Å². The van der Waals surface area contributed by atoms with Crippen LogP contribution in [-0.2, 0) is 9.53 Å². The number of carbonyl (C=O) groups excluding carboxylic acids is 1. The van der Waals surface area contributed by atoms with Gasteiger partial charge in [-0.1, -0.05) is 26.0 Å². The molecule has 0 fully saturated rings. The zero-order valence-corrected chi connectivity index (χ0v) is 11.3. The van der Waals surface area contributed by atoms with Gasteiger partial charge >= 0.3 is 5.97 Å². The predicted molar refractivity (Wildman–Crippen MR) is 68.7 cm³/mol. The maximum atomic E-state index is 11.3. The van der Waals surface area contributed by atoms with Crippen LogP contribution >= 0.6 is 0 Å². The Morgan fingerprint density at radius 1 is 1.44 bits per heavy atom. The van der Waals surface area contributed by atoms with Crippen LogP contribution in [-0.4, -0.2) is 30.4 Å². The zero-order chi connectivity index (χ0) is 13.8. The summed E-state index contributed by atoms with van der Waals surface area (Å²) in [4.78, 5) is 11.3. The lowest BCUT2D eigenvalue weighted by molar-refractivity contribution is -0.163. The first kappa shape index (κ1) is 14.5. The molecule has 0 bridgehead atoms. The summed E-state index contributed by atoms with van der Waals surface area (Å²) in [5, 5.41) is 9.82. The van der Waals surface area contributed by atoms with Gasteiger partial charge in [0.1, 0.15) is 12.4 Å². The van der Waals surface area contributed by atoms with Crippen molar-refractivity contribution < 1.29 is 19.4 Å². The molecule has 100 valence electrons. The number of aliphatic hydroxyl groups is 1. The Morgan fingerprint density at radius 3 is 2.67 bits per heavy atom. The number of carbonyl (C=O) groups is 1. The Labute approximate surface area is 108 Å². The fourth-order valence-electron chi connectivity index (χ4n) is 1.47. The summed E-state index contributed by atoms with van der Waals surface area (Å²) in [6, 6.07) is 7.59. The van der Waals surface area contributed by atoms with Crippen molar-refractivity contribution >= 4 is 5.97 Å². The third-order valence-corrected chi connectivity index (χ3v) is 2.67. The van der Waals surface area contributed by atoms with Gasteiger partial charge < -0.3 is 14.6 Å². The molecule has 1 rings (SSSR count). The third kappa shape index (κ3) is 3.74. The molecule has 1 aromatic carbocycles. The van der Waals surface area contributed by atoms with Gasteiger partial charge in [-0.15, -0.1) is 0 Å². The second kappa shape index (κ2) is 5.87. The summed E-state index contributed by atoms with van der Waals surface area (Å²) in [5.74, 6) is 0.322. The van der Waals surface area contributed by atoms with E-state index in [-0.39, 0.29) is 6.61 Å². The summed E-state index contributed by atoms with van der Waals surface area (Å²) in [5.41, 5.74) is -0.493. The molecule has 0 aromatic heterocycles. The van der Waals surface area contributed by atoms with E-state index in [2.05, 4.69) is 18.6 Å². The van der Waals surface area contributed by atoms with E-state index in [9.17, 15) is 9.90 Å². The summed E-state index contributed by atoms with van der Waals surface area (Å²) in [6.07, 6.45) is 0. The second-order valence-electron chi connectivity index (χ2n) is 4.78. The molecule has 0 saturated heterocycles. The Kier molecular flexibility index (Phi) is 4.73. The highest BCUT2D eigenvalue weighted by atomic mass is 16.6. The van der Waals surface area contributed by atoms with Gasteiger partial charge in [0.15, 0.2) is 5.60 Å². The molecule has 0 spiro atoms. The molecule has 0 saturated carbocycles. The summed E-state index contributed by atoms with van der Waals surface area (Å²) in [6.45, 7) is 5.40. The molecule has 0 amide bonds. The van der Waals surface area contributed by atoms with Crippen LogP contribution in [0.15, 0.2) is 24.3 Å². The largest absolute Gasteiger partial charge is 0.490 e. The van der Waals surface area contributed by atoms with Gasteiger partial charge in [0, 0.05) is 0 Å². The van der Waals surface area contributed by atoms with Gasteiger partial charge in [0.25, 0.3) is 0 Å². The Hall–Kier alpha value is -1.55. The molecular formula is C14H20O4. The van der Waals surface area contributed by atoms with Crippen LogP contribution in [0.1, 0.15) is 32.3 Å². The molecular weight excluding hydrogens is 232 g/mol. The number of hydrogen-bond acceptors (Lipinski definition) is 4. The lowest BCUT2D eigenvalue weighted by Gasteiger charge is -2.20. The Balaban J connectivity index is 2.69. The quantitative estimate of drug-likeness (QED) is 0.815. The Morgan fingerprint density at radius 2 is 2.11 bits per heavy atom. The summed E-state index contributed by atoms with van der Waals surface area (Å²) in [7, 11) is 1.23. The van der Waals surface area contributed by atoms with Crippen molar-refractivity contribution in [2.24, 2.45) is 0 Å². The molecule has 0 heterocycles. The lowest BCUT2D eigenvalue weighted by Crippen LogP contribution is -2.42. The average Bonchev–Trinajstić information content (AvgIpc) is 2.35. The van der Waals surface area contributed by atoms with Gasteiger partial charge in [-0.05, 0) is 30.5 Å². The fraction of sp³-hybridized carbons (Fsp3) is 0.500. The van der Waals surface area contributed by atoms with Gasteiger partial charge in [-0.3, -0.25) is 0 Å². The van der Waals surface area contributed by atoms with Crippen LogP contribution in [0.5, 0.6) is 5.75 Å². The summed E-state index contributed by atoms with van der Waals surface area (Å²) >= 11 is 0. The topological polar surface area (TPSA) is 55.8 Å². The maximum Gasteiger partial charge on any atom is 0.341 e. The molecule has 1 aromatic rings. The standard InChI is InChI=1S/C14H20O4/c1-10(2)11-6-5-7-12(8-11)18-9-14(3,16)13(15)17-4/h5-8,10,16H,9H2,1-4H3. The van der Waals surface area contributed by atoms with Crippen LogP contribution in [0, 0.1) is 0 Å². The molecule has 0 aliphatic heterocycles. The smallest absolute Gasteiger partial charge is 0.341 e. The van der Waals surface area contributed by atoms with Crippen LogP contribution in [0.2, 0.25) is 0 Å². The van der Waals surface area contributed by atoms with Crippen LogP contribution in [0.25, 0.3) is 0 Å². The molecule has 4 nitrogen and oxygen atoms in total. The van der Waals surface area contributed by atoms with Crippen LogP contribution < -0.4 is 4.74 Å². The number of benzene rings is 1. The normalized spacial score (nSPS) is 14.1. The minimum absolute atomic E-state index is 0.138. The van der Waals surface area contributed by atoms with E-state index in [0.29, 0.717) is 11.7 Å². The molecule has 4 heteroatoms. The number of methoxy groups -OCH3 is 1. The van der Waals surface area contributed by atoms with E-state index < -0.39 is 11.6 Å². The Bertz CT molecular complexity index is 410. The van der Waals surface area contributed by atoms with Crippen molar-refractivity contribution in [1.29, 1.82) is 0 Å². The lowest BCUT2D eigenvalue weighted by atomic mass is 10.0. The third-order valence-electron chi connectivity index (χ3n) is 2.67. The minimum Gasteiger partial charge on any atom is -0.490 e. The summed E-state index contributed by atoms with van der Waals surface area (Å²) < 4.78 is 9.93. The monoisotopic (exact) mass is 252 g/mol. The zero-order valence-electron chi connectivity index (χ0n) is 11.3. The first-order valence-corrected chi connectivity index (χ1v) is 5.90.